The molecule has 2 aliphatic rings. The van der Waals surface area contributed by atoms with Gasteiger partial charge in [0.25, 0.3) is 0 Å². The average Bonchev–Trinajstić information content (AvgIpc) is 3.37. The second kappa shape index (κ2) is 8.23. The van der Waals surface area contributed by atoms with Crippen molar-refractivity contribution in [2.45, 2.75) is 70.6 Å². The van der Waals surface area contributed by atoms with E-state index in [1.807, 2.05) is 4.68 Å². The molecule has 0 amide bonds. The first kappa shape index (κ1) is 20.6. The highest BCUT2D eigenvalue weighted by molar-refractivity contribution is 7.81. The van der Waals surface area contributed by atoms with Crippen LogP contribution < -0.4 is 0 Å². The van der Waals surface area contributed by atoms with Crippen LogP contribution in [0.15, 0.2) is 29.8 Å². The predicted molar refractivity (Wildman–Crippen MR) is 121 cm³/mol. The molecule has 0 saturated carbocycles. The maximum atomic E-state index is 5.04. The summed E-state index contributed by atoms with van der Waals surface area (Å²) in [6.07, 6.45) is 8.10. The fraction of sp³-hybridized carbons (Fsp3) is 0.609. The van der Waals surface area contributed by atoms with Gasteiger partial charge in [0.2, 0.25) is 0 Å². The number of tetrazole rings is 1. The molecule has 0 bridgehead atoms. The summed E-state index contributed by atoms with van der Waals surface area (Å²) in [5.41, 5.74) is 4.97. The summed E-state index contributed by atoms with van der Waals surface area (Å²) in [4.78, 5) is 2.57. The molecule has 1 aliphatic heterocycles. The van der Waals surface area contributed by atoms with Crippen LogP contribution in [0.4, 0.5) is 0 Å². The molecule has 4 rings (SSSR count). The Kier molecular flexibility index (Phi) is 5.85. The van der Waals surface area contributed by atoms with Crippen LogP contribution in [0.3, 0.4) is 0 Å². The van der Waals surface area contributed by atoms with Gasteiger partial charge in [0.15, 0.2) is 5.82 Å². The van der Waals surface area contributed by atoms with Crippen LogP contribution in [0.25, 0.3) is 5.69 Å². The molecule has 2 aromatic rings. The molecule has 1 aliphatic carbocycles. The lowest BCUT2D eigenvalue weighted by Gasteiger charge is -2.38. The molecule has 1 aromatic heterocycles. The van der Waals surface area contributed by atoms with Crippen molar-refractivity contribution in [1.82, 2.24) is 25.1 Å². The zero-order valence-corrected chi connectivity index (χ0v) is 19.0. The number of aromatic nitrogens is 4. The second-order valence-corrected chi connectivity index (χ2v) is 9.97. The van der Waals surface area contributed by atoms with Gasteiger partial charge in [-0.05, 0) is 92.1 Å². The maximum absolute atomic E-state index is 5.04. The number of thiol groups is 1. The van der Waals surface area contributed by atoms with E-state index in [9.17, 15) is 0 Å². The summed E-state index contributed by atoms with van der Waals surface area (Å²) < 4.78 is 2.08. The van der Waals surface area contributed by atoms with Gasteiger partial charge in [-0.15, -0.1) is 5.10 Å². The number of aryl methyl sites for hydroxylation is 2. The van der Waals surface area contributed by atoms with Crippen molar-refractivity contribution in [2.24, 2.45) is 5.92 Å². The standard InChI is InChI=1S/C23H33N5S/c1-16(2)23(29)12-10-19(11-13-23)21(27-14-5-6-15-27)22-24-25-26-28(22)20-17(3)8-7-9-18(20)4/h7-10,16,21,29H,5-6,11-15H2,1-4H3. The first-order valence-electron chi connectivity index (χ1n) is 10.9. The maximum Gasteiger partial charge on any atom is 0.177 e. The lowest BCUT2D eigenvalue weighted by atomic mass is 9.79. The van der Waals surface area contributed by atoms with Crippen molar-refractivity contribution in [3.8, 4) is 5.69 Å². The van der Waals surface area contributed by atoms with Crippen molar-refractivity contribution < 1.29 is 0 Å². The molecule has 0 N–H and O–H groups in total. The highest BCUT2D eigenvalue weighted by Crippen LogP contribution is 2.44. The molecule has 2 unspecified atom stereocenters. The molecular formula is C23H33N5S. The predicted octanol–water partition coefficient (Wildman–Crippen LogP) is 4.85. The molecule has 29 heavy (non-hydrogen) atoms. The van der Waals surface area contributed by atoms with Crippen molar-refractivity contribution >= 4 is 12.6 Å². The van der Waals surface area contributed by atoms with E-state index >= 15 is 0 Å². The summed E-state index contributed by atoms with van der Waals surface area (Å²) in [5.74, 6) is 1.51. The number of para-hydroxylation sites is 1. The summed E-state index contributed by atoms with van der Waals surface area (Å²) in [7, 11) is 0. The first-order valence-corrected chi connectivity index (χ1v) is 11.4. The van der Waals surface area contributed by atoms with Crippen LogP contribution in [-0.2, 0) is 0 Å². The van der Waals surface area contributed by atoms with Crippen LogP contribution >= 0.6 is 12.6 Å². The SMILES string of the molecule is Cc1cccc(C)c1-n1nnnc1C(C1=CCC(S)(C(C)C)CC1)N1CCCC1. The Labute approximate surface area is 180 Å². The molecule has 2 atom stereocenters. The number of likely N-dealkylation sites (tertiary alicyclic amines) is 1. The molecule has 0 spiro atoms. The minimum atomic E-state index is 0.0948. The van der Waals surface area contributed by atoms with Gasteiger partial charge < -0.3 is 0 Å². The van der Waals surface area contributed by atoms with Gasteiger partial charge in [0.05, 0.1) is 11.7 Å². The summed E-state index contributed by atoms with van der Waals surface area (Å²) >= 11 is 5.04. The van der Waals surface area contributed by atoms with Crippen molar-refractivity contribution in [1.29, 1.82) is 0 Å². The molecule has 6 heteroatoms. The Morgan fingerprint density at radius 3 is 2.38 bits per heavy atom. The molecule has 2 heterocycles. The number of benzene rings is 1. The fourth-order valence-electron chi connectivity index (χ4n) is 4.87. The number of nitrogens with zero attached hydrogens (tertiary/aromatic N) is 5. The van der Waals surface area contributed by atoms with Crippen LogP contribution in [0, 0.1) is 19.8 Å². The Hall–Kier alpha value is -1.66. The molecule has 1 aromatic carbocycles. The number of rotatable bonds is 5. The molecular weight excluding hydrogens is 378 g/mol. The minimum Gasteiger partial charge on any atom is -0.290 e. The molecule has 156 valence electrons. The van der Waals surface area contributed by atoms with E-state index in [1.165, 1.54) is 29.5 Å². The zero-order chi connectivity index (χ0) is 20.6. The third-order valence-corrected chi connectivity index (χ3v) is 7.81. The lowest BCUT2D eigenvalue weighted by molar-refractivity contribution is 0.251. The second-order valence-electron chi connectivity index (χ2n) is 9.08. The van der Waals surface area contributed by atoms with E-state index in [4.69, 9.17) is 12.6 Å². The van der Waals surface area contributed by atoms with E-state index in [1.54, 1.807) is 0 Å². The quantitative estimate of drug-likeness (QED) is 0.564. The van der Waals surface area contributed by atoms with E-state index in [0.717, 1.165) is 43.9 Å². The van der Waals surface area contributed by atoms with Crippen LogP contribution in [-0.4, -0.2) is 42.9 Å². The average molecular weight is 412 g/mol. The Bertz CT molecular complexity index is 876. The zero-order valence-electron chi connectivity index (χ0n) is 18.1. The van der Waals surface area contributed by atoms with Gasteiger partial charge in [-0.25, -0.2) is 0 Å². The van der Waals surface area contributed by atoms with Gasteiger partial charge in [-0.2, -0.15) is 17.3 Å². The molecule has 0 radical (unpaired) electrons. The van der Waals surface area contributed by atoms with E-state index in [0.29, 0.717) is 5.92 Å². The summed E-state index contributed by atoms with van der Waals surface area (Å²) in [6.45, 7) is 11.1. The topological polar surface area (TPSA) is 46.8 Å². The van der Waals surface area contributed by atoms with Gasteiger partial charge in [0.1, 0.15) is 0 Å². The van der Waals surface area contributed by atoms with Gasteiger partial charge in [0, 0.05) is 4.75 Å². The largest absolute Gasteiger partial charge is 0.290 e. The molecule has 1 saturated heterocycles. The van der Waals surface area contributed by atoms with Gasteiger partial charge in [-0.1, -0.05) is 38.1 Å². The highest BCUT2D eigenvalue weighted by atomic mass is 32.1. The smallest absolute Gasteiger partial charge is 0.177 e. The third-order valence-electron chi connectivity index (χ3n) is 6.89. The van der Waals surface area contributed by atoms with Crippen molar-refractivity contribution in [3.05, 3.63) is 46.8 Å². The third kappa shape index (κ3) is 3.89. The number of hydrogen-bond acceptors (Lipinski definition) is 5. The minimum absolute atomic E-state index is 0.0948. The molecule has 1 fully saturated rings. The summed E-state index contributed by atoms with van der Waals surface area (Å²) in [5, 5.41) is 13.1. The van der Waals surface area contributed by atoms with Gasteiger partial charge >= 0.3 is 0 Å². The Balaban J connectivity index is 1.76. The van der Waals surface area contributed by atoms with Crippen LogP contribution in [0.1, 0.15) is 68.9 Å². The highest BCUT2D eigenvalue weighted by Gasteiger charge is 2.37. The van der Waals surface area contributed by atoms with E-state index in [2.05, 4.69) is 72.4 Å². The van der Waals surface area contributed by atoms with Gasteiger partial charge in [-0.3, -0.25) is 4.90 Å². The van der Waals surface area contributed by atoms with Crippen LogP contribution in [0.5, 0.6) is 0 Å². The van der Waals surface area contributed by atoms with Crippen LogP contribution in [0.2, 0.25) is 0 Å². The van der Waals surface area contributed by atoms with E-state index in [-0.39, 0.29) is 10.8 Å². The van der Waals surface area contributed by atoms with Crippen molar-refractivity contribution in [2.75, 3.05) is 13.1 Å². The monoisotopic (exact) mass is 411 g/mol. The van der Waals surface area contributed by atoms with E-state index < -0.39 is 0 Å². The Morgan fingerprint density at radius 2 is 1.79 bits per heavy atom. The van der Waals surface area contributed by atoms with Crippen molar-refractivity contribution in [3.63, 3.8) is 0 Å². The number of hydrogen-bond donors (Lipinski definition) is 1. The number of allylic oxidation sites excluding steroid dienone is 1. The normalized spacial score (nSPS) is 24.1. The Morgan fingerprint density at radius 1 is 1.10 bits per heavy atom. The first-order chi connectivity index (χ1) is 13.9. The molecule has 5 nitrogen and oxygen atoms in total. The fourth-order valence-corrected chi connectivity index (χ4v) is 5.08. The summed E-state index contributed by atoms with van der Waals surface area (Å²) in [6, 6.07) is 6.52. The lowest BCUT2D eigenvalue weighted by Crippen LogP contribution is -2.35.